The molecule has 0 saturated carbocycles. The number of rotatable bonds is 4. The van der Waals surface area contributed by atoms with Crippen LogP contribution in [0, 0.1) is 0 Å². The van der Waals surface area contributed by atoms with Crippen LogP contribution in [0.4, 0.5) is 11.6 Å². The van der Waals surface area contributed by atoms with Crippen LogP contribution >= 0.6 is 23.2 Å². The van der Waals surface area contributed by atoms with Crippen molar-refractivity contribution >= 4 is 34.8 Å². The van der Waals surface area contributed by atoms with E-state index in [0.29, 0.717) is 15.9 Å². The molecule has 0 aliphatic rings. The molecule has 0 unspecified atom stereocenters. The number of nitrogen functional groups attached to an aromatic ring is 1. The van der Waals surface area contributed by atoms with E-state index in [4.69, 9.17) is 28.9 Å². The summed E-state index contributed by atoms with van der Waals surface area (Å²) in [5.74, 6) is 0.845. The van der Waals surface area contributed by atoms with Gasteiger partial charge in [-0.2, -0.15) is 0 Å². The van der Waals surface area contributed by atoms with Crippen LogP contribution in [0.25, 0.3) is 0 Å². The van der Waals surface area contributed by atoms with E-state index in [1.54, 1.807) is 6.07 Å². The molecule has 2 aromatic rings. The van der Waals surface area contributed by atoms with Crippen molar-refractivity contribution < 1.29 is 0 Å². The number of anilines is 2. The number of hydrogen-bond donors (Lipinski definition) is 2. The van der Waals surface area contributed by atoms with Crippen molar-refractivity contribution in [3.63, 3.8) is 0 Å². The van der Waals surface area contributed by atoms with Gasteiger partial charge in [0.15, 0.2) is 0 Å². The summed E-state index contributed by atoms with van der Waals surface area (Å²) in [5.41, 5.74) is 6.88. The van der Waals surface area contributed by atoms with Crippen LogP contribution < -0.4 is 11.1 Å². The highest BCUT2D eigenvalue weighted by Gasteiger charge is 2.06. The van der Waals surface area contributed by atoms with Crippen LogP contribution in [0.5, 0.6) is 0 Å². The molecule has 0 aliphatic carbocycles. The van der Waals surface area contributed by atoms with Gasteiger partial charge in [0.1, 0.15) is 11.6 Å². The van der Waals surface area contributed by atoms with Crippen molar-refractivity contribution in [3.8, 4) is 0 Å². The monoisotopic (exact) mass is 281 g/mol. The van der Waals surface area contributed by atoms with Crippen LogP contribution in [0.3, 0.4) is 0 Å². The minimum Gasteiger partial charge on any atom is -0.382 e. The number of nitrogens with two attached hydrogens (primary N) is 1. The number of halogens is 2. The summed E-state index contributed by atoms with van der Waals surface area (Å²) in [6, 6.07) is 11.8. The Balaban J connectivity index is 1.97. The third-order valence-corrected chi connectivity index (χ3v) is 3.10. The summed E-state index contributed by atoms with van der Waals surface area (Å²) in [7, 11) is 0. The van der Waals surface area contributed by atoms with Crippen molar-refractivity contribution in [3.05, 3.63) is 52.0 Å². The summed E-state index contributed by atoms with van der Waals surface area (Å²) in [5, 5.41) is 3.99. The first kappa shape index (κ1) is 13.0. The Morgan fingerprint density at radius 1 is 1.11 bits per heavy atom. The van der Waals surface area contributed by atoms with E-state index in [-0.39, 0.29) is 5.82 Å². The zero-order valence-electron chi connectivity index (χ0n) is 9.66. The predicted molar refractivity (Wildman–Crippen MR) is 77.3 cm³/mol. The number of aromatic nitrogens is 1. The molecule has 0 bridgehead atoms. The van der Waals surface area contributed by atoms with E-state index in [0.717, 1.165) is 13.0 Å². The lowest BCUT2D eigenvalue weighted by molar-refractivity contribution is 1.01. The fourth-order valence-electron chi connectivity index (χ4n) is 1.57. The fourth-order valence-corrected chi connectivity index (χ4v) is 2.00. The van der Waals surface area contributed by atoms with Crippen LogP contribution in [0.1, 0.15) is 5.56 Å². The third-order valence-electron chi connectivity index (χ3n) is 2.51. The SMILES string of the molecule is Nc1nc(NCCc2ccccc2)c(Cl)cc1Cl. The highest BCUT2D eigenvalue weighted by atomic mass is 35.5. The lowest BCUT2D eigenvalue weighted by Gasteiger charge is -2.09. The van der Waals surface area contributed by atoms with E-state index in [2.05, 4.69) is 22.4 Å². The first-order chi connectivity index (χ1) is 8.66. The van der Waals surface area contributed by atoms with Crippen LogP contribution in [0.2, 0.25) is 10.0 Å². The zero-order valence-corrected chi connectivity index (χ0v) is 11.2. The number of nitrogens with one attached hydrogen (secondary N) is 1. The summed E-state index contributed by atoms with van der Waals surface area (Å²) in [6.07, 6.45) is 0.890. The van der Waals surface area contributed by atoms with Gasteiger partial charge in [-0.15, -0.1) is 0 Å². The molecule has 3 nitrogen and oxygen atoms in total. The van der Waals surface area contributed by atoms with Gasteiger partial charge in [-0.1, -0.05) is 53.5 Å². The van der Waals surface area contributed by atoms with E-state index >= 15 is 0 Å². The zero-order chi connectivity index (χ0) is 13.0. The van der Waals surface area contributed by atoms with Gasteiger partial charge in [-0.05, 0) is 18.1 Å². The van der Waals surface area contributed by atoms with E-state index in [9.17, 15) is 0 Å². The highest BCUT2D eigenvalue weighted by molar-refractivity contribution is 6.37. The molecule has 1 aromatic heterocycles. The van der Waals surface area contributed by atoms with Crippen molar-refractivity contribution in [1.29, 1.82) is 0 Å². The second-order valence-corrected chi connectivity index (χ2v) is 4.66. The molecule has 5 heteroatoms. The predicted octanol–water partition coefficient (Wildman–Crippen LogP) is 3.63. The molecule has 18 heavy (non-hydrogen) atoms. The Morgan fingerprint density at radius 3 is 2.56 bits per heavy atom. The molecule has 0 radical (unpaired) electrons. The van der Waals surface area contributed by atoms with Crippen LogP contribution in [0.15, 0.2) is 36.4 Å². The number of pyridine rings is 1. The summed E-state index contributed by atoms with van der Waals surface area (Å²) >= 11 is 11.8. The molecule has 1 aromatic carbocycles. The van der Waals surface area contributed by atoms with E-state index in [1.807, 2.05) is 18.2 Å². The molecule has 0 spiro atoms. The Labute approximate surface area is 116 Å². The Morgan fingerprint density at radius 2 is 1.83 bits per heavy atom. The topological polar surface area (TPSA) is 50.9 Å². The van der Waals surface area contributed by atoms with Gasteiger partial charge in [0.05, 0.1) is 10.0 Å². The van der Waals surface area contributed by atoms with Crippen molar-refractivity contribution in [2.75, 3.05) is 17.6 Å². The van der Waals surface area contributed by atoms with Gasteiger partial charge in [-0.3, -0.25) is 0 Å². The largest absolute Gasteiger partial charge is 0.382 e. The third kappa shape index (κ3) is 3.28. The van der Waals surface area contributed by atoms with Gasteiger partial charge in [0, 0.05) is 6.54 Å². The molecule has 1 heterocycles. The van der Waals surface area contributed by atoms with Crippen molar-refractivity contribution in [2.24, 2.45) is 0 Å². The number of nitrogens with zero attached hydrogens (tertiary/aromatic N) is 1. The summed E-state index contributed by atoms with van der Waals surface area (Å²) in [6.45, 7) is 0.734. The number of hydrogen-bond acceptors (Lipinski definition) is 3. The van der Waals surface area contributed by atoms with Crippen LogP contribution in [-0.4, -0.2) is 11.5 Å². The van der Waals surface area contributed by atoms with Gasteiger partial charge >= 0.3 is 0 Å². The molecule has 0 fully saturated rings. The van der Waals surface area contributed by atoms with Gasteiger partial charge in [0.2, 0.25) is 0 Å². The van der Waals surface area contributed by atoms with Crippen LogP contribution in [-0.2, 0) is 6.42 Å². The average molecular weight is 282 g/mol. The summed E-state index contributed by atoms with van der Waals surface area (Å²) < 4.78 is 0. The fraction of sp³-hybridized carbons (Fsp3) is 0.154. The van der Waals surface area contributed by atoms with E-state index in [1.165, 1.54) is 5.56 Å². The summed E-state index contributed by atoms with van der Waals surface area (Å²) in [4.78, 5) is 4.11. The Hall–Kier alpha value is -1.45. The van der Waals surface area contributed by atoms with Crippen molar-refractivity contribution in [1.82, 2.24) is 4.98 Å². The molecule has 0 atom stereocenters. The second-order valence-electron chi connectivity index (χ2n) is 3.85. The number of benzene rings is 1. The lowest BCUT2D eigenvalue weighted by Crippen LogP contribution is -2.08. The standard InChI is InChI=1S/C13H13Cl2N3/c14-10-8-11(15)13(18-12(10)16)17-7-6-9-4-2-1-3-5-9/h1-5,8H,6-7H2,(H3,16,17,18). The van der Waals surface area contributed by atoms with Crippen molar-refractivity contribution in [2.45, 2.75) is 6.42 Å². The molecule has 0 saturated heterocycles. The molecule has 3 N–H and O–H groups in total. The molecular weight excluding hydrogens is 269 g/mol. The minimum atomic E-state index is 0.281. The average Bonchev–Trinajstić information content (AvgIpc) is 2.37. The van der Waals surface area contributed by atoms with Gasteiger partial charge < -0.3 is 11.1 Å². The Kier molecular flexibility index (Phi) is 4.28. The normalized spacial score (nSPS) is 10.3. The minimum absolute atomic E-state index is 0.281. The quantitative estimate of drug-likeness (QED) is 0.900. The van der Waals surface area contributed by atoms with E-state index < -0.39 is 0 Å². The highest BCUT2D eigenvalue weighted by Crippen LogP contribution is 2.27. The molecule has 94 valence electrons. The van der Waals surface area contributed by atoms with Gasteiger partial charge in [-0.25, -0.2) is 4.98 Å². The molecule has 0 aliphatic heterocycles. The maximum atomic E-state index is 6.02. The van der Waals surface area contributed by atoms with Gasteiger partial charge in [0.25, 0.3) is 0 Å². The maximum absolute atomic E-state index is 6.02. The first-order valence-electron chi connectivity index (χ1n) is 5.56. The molecule has 0 amide bonds. The Bertz CT molecular complexity index is 529. The lowest BCUT2D eigenvalue weighted by atomic mass is 10.1. The second kappa shape index (κ2) is 5.94. The first-order valence-corrected chi connectivity index (χ1v) is 6.31. The maximum Gasteiger partial charge on any atom is 0.147 e. The smallest absolute Gasteiger partial charge is 0.147 e. The molecule has 2 rings (SSSR count). The molecular formula is C13H13Cl2N3.